The van der Waals surface area contributed by atoms with Crippen molar-refractivity contribution in [3.8, 4) is 5.88 Å². The zero-order chi connectivity index (χ0) is 18.5. The molecule has 0 bridgehead atoms. The van der Waals surface area contributed by atoms with Gasteiger partial charge >= 0.3 is 0 Å². The summed E-state index contributed by atoms with van der Waals surface area (Å²) in [6.45, 7) is 1.95. The number of aryl methyl sites for hydroxylation is 1. The predicted octanol–water partition coefficient (Wildman–Crippen LogP) is 1.48. The van der Waals surface area contributed by atoms with Crippen LogP contribution in [0.2, 0.25) is 0 Å². The Morgan fingerprint density at radius 3 is 3.00 bits per heavy atom. The summed E-state index contributed by atoms with van der Waals surface area (Å²) in [4.78, 5) is 31.6. The van der Waals surface area contributed by atoms with E-state index in [4.69, 9.17) is 10.5 Å². The Bertz CT molecular complexity index is 876. The highest BCUT2D eigenvalue weighted by molar-refractivity contribution is 5.93. The first-order chi connectivity index (χ1) is 12.6. The summed E-state index contributed by atoms with van der Waals surface area (Å²) in [7, 11) is 1.55. The molecular weight excluding hydrogens is 334 g/mol. The zero-order valence-electron chi connectivity index (χ0n) is 14.7. The number of nitrogens with zero attached hydrogens (tertiary/aromatic N) is 4. The Kier molecular flexibility index (Phi) is 5.26. The molecule has 3 aromatic rings. The van der Waals surface area contributed by atoms with Crippen molar-refractivity contribution in [1.29, 1.82) is 0 Å². The lowest BCUT2D eigenvalue weighted by atomic mass is 10.1. The van der Waals surface area contributed by atoms with Crippen LogP contribution in [0.5, 0.6) is 5.88 Å². The van der Waals surface area contributed by atoms with Gasteiger partial charge in [0.25, 0.3) is 5.91 Å². The third-order valence-corrected chi connectivity index (χ3v) is 3.97. The van der Waals surface area contributed by atoms with Gasteiger partial charge in [0.05, 0.1) is 12.6 Å². The number of methoxy groups -OCH3 is 1. The van der Waals surface area contributed by atoms with Crippen molar-refractivity contribution in [2.75, 3.05) is 12.8 Å². The van der Waals surface area contributed by atoms with Gasteiger partial charge in [0.1, 0.15) is 0 Å². The number of rotatable bonds is 7. The number of carbonyl (C=O) groups excluding carboxylic acids is 1. The summed E-state index contributed by atoms with van der Waals surface area (Å²) in [5, 5.41) is 2.94. The number of nitrogen functional groups attached to an aromatic ring is 1. The average molecular weight is 355 g/mol. The maximum absolute atomic E-state index is 12.3. The molecule has 1 amide bonds. The van der Waals surface area contributed by atoms with Crippen LogP contribution in [-0.4, -0.2) is 44.0 Å². The van der Waals surface area contributed by atoms with Gasteiger partial charge in [-0.15, -0.1) is 0 Å². The van der Waals surface area contributed by atoms with Crippen molar-refractivity contribution in [3.63, 3.8) is 0 Å². The number of nitrogens with two attached hydrogens (primary N) is 1. The van der Waals surface area contributed by atoms with Crippen molar-refractivity contribution in [2.45, 2.75) is 32.2 Å². The van der Waals surface area contributed by atoms with Crippen molar-refractivity contribution in [1.82, 2.24) is 30.2 Å². The summed E-state index contributed by atoms with van der Waals surface area (Å²) in [6.07, 6.45) is 5.68. The molecule has 0 unspecified atom stereocenters. The lowest BCUT2D eigenvalue weighted by molar-refractivity contribution is 0.0929. The number of aromatic amines is 1. The fourth-order valence-corrected chi connectivity index (χ4v) is 2.67. The van der Waals surface area contributed by atoms with Crippen molar-refractivity contribution in [3.05, 3.63) is 35.9 Å². The highest BCUT2D eigenvalue weighted by atomic mass is 16.5. The number of hydrogen-bond acceptors (Lipinski definition) is 7. The first kappa shape index (κ1) is 17.6. The second-order valence-electron chi connectivity index (χ2n) is 5.99. The minimum atomic E-state index is -0.246. The molecular formula is C17H21N7O2. The Hall–Kier alpha value is -3.23. The first-order valence-corrected chi connectivity index (χ1v) is 8.34. The van der Waals surface area contributed by atoms with Crippen molar-refractivity contribution >= 4 is 23.0 Å². The van der Waals surface area contributed by atoms with E-state index in [1.54, 1.807) is 25.6 Å². The fraction of sp³-hybridized carbons (Fsp3) is 0.353. The topological polar surface area (TPSA) is 132 Å². The molecule has 0 spiro atoms. The van der Waals surface area contributed by atoms with Gasteiger partial charge in [-0.3, -0.25) is 4.79 Å². The van der Waals surface area contributed by atoms with Gasteiger partial charge in [0.15, 0.2) is 11.5 Å². The second kappa shape index (κ2) is 7.77. The second-order valence-corrected chi connectivity index (χ2v) is 5.99. The molecule has 26 heavy (non-hydrogen) atoms. The zero-order valence-corrected chi connectivity index (χ0v) is 14.7. The van der Waals surface area contributed by atoms with Crippen LogP contribution in [0.4, 0.5) is 5.95 Å². The summed E-state index contributed by atoms with van der Waals surface area (Å²) >= 11 is 0. The summed E-state index contributed by atoms with van der Waals surface area (Å²) in [6, 6.07) is 3.61. The smallest absolute Gasteiger partial charge is 0.287 e. The first-order valence-electron chi connectivity index (χ1n) is 8.34. The van der Waals surface area contributed by atoms with Crippen molar-refractivity contribution in [2.24, 2.45) is 0 Å². The molecule has 0 radical (unpaired) electrons. The van der Waals surface area contributed by atoms with E-state index in [0.29, 0.717) is 11.5 Å². The minimum Gasteiger partial charge on any atom is -0.481 e. The van der Waals surface area contributed by atoms with Crippen LogP contribution in [0.15, 0.2) is 24.5 Å². The number of anilines is 1. The molecule has 136 valence electrons. The van der Waals surface area contributed by atoms with Crippen LogP contribution in [0.1, 0.15) is 35.9 Å². The summed E-state index contributed by atoms with van der Waals surface area (Å²) in [5.74, 6) is 0.693. The standard InChI is InChI=1S/C17H21N7O2/c1-10(5-3-6-11-9-20-17(18)24-16(11)26-2)21-15(25)14-22-12-7-4-8-19-13(12)23-14/h4,7-10H,3,5-6H2,1-2H3,(H,21,25)(H2,18,20,24)(H,19,22,23)/t10-/m0/s1. The molecule has 4 N–H and O–H groups in total. The van der Waals surface area contributed by atoms with Gasteiger partial charge in [-0.1, -0.05) is 0 Å². The molecule has 3 heterocycles. The number of hydrogen-bond donors (Lipinski definition) is 3. The molecule has 9 nitrogen and oxygen atoms in total. The lowest BCUT2D eigenvalue weighted by Gasteiger charge is -2.13. The largest absolute Gasteiger partial charge is 0.481 e. The highest BCUT2D eigenvalue weighted by Crippen LogP contribution is 2.17. The Balaban J connectivity index is 1.52. The third-order valence-electron chi connectivity index (χ3n) is 3.97. The minimum absolute atomic E-state index is 0.00985. The summed E-state index contributed by atoms with van der Waals surface area (Å²) < 4.78 is 5.22. The molecule has 0 aliphatic heterocycles. The molecule has 9 heteroatoms. The normalized spacial score (nSPS) is 12.1. The average Bonchev–Trinajstić information content (AvgIpc) is 3.07. The van der Waals surface area contributed by atoms with Gasteiger partial charge in [-0.05, 0) is 38.3 Å². The van der Waals surface area contributed by atoms with E-state index < -0.39 is 0 Å². The number of H-pyrrole nitrogens is 1. The van der Waals surface area contributed by atoms with E-state index in [9.17, 15) is 4.79 Å². The molecule has 3 aromatic heterocycles. The number of fused-ring (bicyclic) bond motifs is 1. The maximum Gasteiger partial charge on any atom is 0.287 e. The van der Waals surface area contributed by atoms with Crippen LogP contribution in [0.25, 0.3) is 11.2 Å². The SMILES string of the molecule is COc1nc(N)ncc1CCC[C@H](C)NC(=O)c1nc2ncccc2[nH]1. The van der Waals surface area contributed by atoms with Gasteiger partial charge in [-0.25, -0.2) is 15.0 Å². The fourth-order valence-electron chi connectivity index (χ4n) is 2.67. The molecule has 0 fully saturated rings. The van der Waals surface area contributed by atoms with Gasteiger partial charge in [0.2, 0.25) is 11.8 Å². The lowest BCUT2D eigenvalue weighted by Crippen LogP contribution is -2.33. The van der Waals surface area contributed by atoms with Crippen LogP contribution in [0.3, 0.4) is 0 Å². The molecule has 0 aliphatic rings. The van der Waals surface area contributed by atoms with E-state index >= 15 is 0 Å². The van der Waals surface area contributed by atoms with E-state index in [1.165, 1.54) is 0 Å². The molecule has 0 aromatic carbocycles. The molecule has 1 atom stereocenters. The molecule has 0 saturated heterocycles. The number of pyridine rings is 1. The van der Waals surface area contributed by atoms with Gasteiger partial charge < -0.3 is 20.8 Å². The predicted molar refractivity (Wildman–Crippen MR) is 96.8 cm³/mol. The summed E-state index contributed by atoms with van der Waals surface area (Å²) in [5.41, 5.74) is 7.71. The van der Waals surface area contributed by atoms with Crippen molar-refractivity contribution < 1.29 is 9.53 Å². The Morgan fingerprint density at radius 2 is 2.23 bits per heavy atom. The number of carbonyl (C=O) groups is 1. The number of ether oxygens (including phenoxy) is 1. The van der Waals surface area contributed by atoms with Crippen LogP contribution < -0.4 is 15.8 Å². The van der Waals surface area contributed by atoms with E-state index in [2.05, 4.69) is 30.2 Å². The van der Waals surface area contributed by atoms with Crippen LogP contribution in [0, 0.1) is 0 Å². The Morgan fingerprint density at radius 1 is 1.38 bits per heavy atom. The molecule has 0 aliphatic carbocycles. The van der Waals surface area contributed by atoms with Gasteiger partial charge in [0, 0.05) is 24.0 Å². The Labute approximate surface area is 150 Å². The number of imidazole rings is 1. The van der Waals surface area contributed by atoms with Crippen LogP contribution >= 0.6 is 0 Å². The van der Waals surface area contributed by atoms with E-state index in [1.807, 2.05) is 13.0 Å². The maximum atomic E-state index is 12.3. The number of aromatic nitrogens is 5. The van der Waals surface area contributed by atoms with E-state index in [0.717, 1.165) is 30.3 Å². The monoisotopic (exact) mass is 355 g/mol. The van der Waals surface area contributed by atoms with Gasteiger partial charge in [-0.2, -0.15) is 4.98 Å². The quantitative estimate of drug-likeness (QED) is 0.585. The number of nitrogens with one attached hydrogen (secondary N) is 2. The van der Waals surface area contributed by atoms with E-state index in [-0.39, 0.29) is 23.7 Å². The number of amides is 1. The molecule has 0 saturated carbocycles. The highest BCUT2D eigenvalue weighted by Gasteiger charge is 2.15. The molecule has 3 rings (SSSR count). The van der Waals surface area contributed by atoms with Crippen LogP contribution in [-0.2, 0) is 6.42 Å². The third kappa shape index (κ3) is 4.05.